The molecule has 1 amide bonds. The lowest BCUT2D eigenvalue weighted by atomic mass is 9.96. The molecule has 2 N–H and O–H groups in total. The first-order valence-electron chi connectivity index (χ1n) is 8.75. The van der Waals surface area contributed by atoms with Crippen LogP contribution in [0, 0.1) is 5.92 Å². The topological polar surface area (TPSA) is 44.4 Å². The Morgan fingerprint density at radius 2 is 1.71 bits per heavy atom. The van der Waals surface area contributed by atoms with Crippen LogP contribution in [0.2, 0.25) is 0 Å². The summed E-state index contributed by atoms with van der Waals surface area (Å²) in [5.74, 6) is 0.0994. The lowest BCUT2D eigenvalue weighted by molar-refractivity contribution is -0.184. The molecular weight excluding hydrogens is 343 g/mol. The van der Waals surface area contributed by atoms with Crippen molar-refractivity contribution in [1.82, 2.24) is 15.5 Å². The largest absolute Gasteiger partial charge is 0.405 e. The fourth-order valence-electron chi connectivity index (χ4n) is 3.56. The summed E-state index contributed by atoms with van der Waals surface area (Å²) < 4.78 is 39.8. The van der Waals surface area contributed by atoms with Crippen LogP contribution in [0.3, 0.4) is 0 Å². The van der Waals surface area contributed by atoms with E-state index in [-0.39, 0.29) is 24.9 Å². The Labute approximate surface area is 148 Å². The van der Waals surface area contributed by atoms with E-state index in [1.165, 1.54) is 17.7 Å². The molecule has 2 fully saturated rings. The molecule has 2 aliphatic rings. The normalized spacial score (nSPS) is 22.3. The van der Waals surface area contributed by atoms with Crippen molar-refractivity contribution in [3.05, 3.63) is 0 Å². The molecule has 2 rings (SSSR count). The molecule has 0 radical (unpaired) electrons. The minimum absolute atomic E-state index is 0. The highest BCUT2D eigenvalue weighted by molar-refractivity contribution is 5.85. The molecule has 1 unspecified atom stereocenters. The zero-order valence-electron chi connectivity index (χ0n) is 14.0. The third kappa shape index (κ3) is 7.15. The summed E-state index contributed by atoms with van der Waals surface area (Å²) in [6, 6.07) is -1.58. The number of carbonyl (C=O) groups excluding carboxylic acids is 1. The summed E-state index contributed by atoms with van der Waals surface area (Å²) in [7, 11) is 0. The van der Waals surface area contributed by atoms with Crippen LogP contribution < -0.4 is 10.6 Å². The van der Waals surface area contributed by atoms with Gasteiger partial charge in [-0.25, -0.2) is 0 Å². The van der Waals surface area contributed by atoms with Crippen molar-refractivity contribution in [2.75, 3.05) is 32.7 Å². The van der Waals surface area contributed by atoms with Gasteiger partial charge >= 0.3 is 6.18 Å². The molecule has 0 spiro atoms. The van der Waals surface area contributed by atoms with Gasteiger partial charge in [-0.15, -0.1) is 12.4 Å². The Kier molecular flexibility index (Phi) is 9.37. The van der Waals surface area contributed by atoms with Gasteiger partial charge in [0.05, 0.1) is 0 Å². The molecule has 24 heavy (non-hydrogen) atoms. The van der Waals surface area contributed by atoms with Crippen LogP contribution in [-0.4, -0.2) is 55.7 Å². The van der Waals surface area contributed by atoms with Gasteiger partial charge in [0.15, 0.2) is 0 Å². The number of hydrogen-bond donors (Lipinski definition) is 2. The summed E-state index contributed by atoms with van der Waals surface area (Å²) >= 11 is 0. The van der Waals surface area contributed by atoms with Crippen LogP contribution in [0.4, 0.5) is 13.2 Å². The highest BCUT2D eigenvalue weighted by Gasteiger charge is 2.43. The van der Waals surface area contributed by atoms with E-state index in [1.54, 1.807) is 0 Å². The molecule has 8 heteroatoms. The number of piperazine rings is 1. The second-order valence-corrected chi connectivity index (χ2v) is 6.71. The van der Waals surface area contributed by atoms with E-state index in [1.807, 2.05) is 0 Å². The van der Waals surface area contributed by atoms with Gasteiger partial charge in [0.25, 0.3) is 0 Å². The Balaban J connectivity index is 0.00000288. The molecule has 1 aliphatic heterocycles. The molecule has 1 saturated carbocycles. The van der Waals surface area contributed by atoms with E-state index in [9.17, 15) is 18.0 Å². The first-order valence-corrected chi connectivity index (χ1v) is 8.75. The molecule has 1 atom stereocenters. The van der Waals surface area contributed by atoms with Gasteiger partial charge in [-0.3, -0.25) is 9.69 Å². The fourth-order valence-corrected chi connectivity index (χ4v) is 3.56. The number of amides is 1. The maximum atomic E-state index is 13.3. The van der Waals surface area contributed by atoms with Crippen molar-refractivity contribution in [3.63, 3.8) is 0 Å². The molecule has 1 aliphatic carbocycles. The zero-order valence-corrected chi connectivity index (χ0v) is 14.9. The molecule has 0 aromatic carbocycles. The van der Waals surface area contributed by atoms with Gasteiger partial charge in [0.1, 0.15) is 6.04 Å². The Morgan fingerprint density at radius 3 is 2.25 bits per heavy atom. The first kappa shape index (κ1) is 21.5. The fraction of sp³-hybridized carbons (Fsp3) is 0.938. The van der Waals surface area contributed by atoms with Gasteiger partial charge in [-0.1, -0.05) is 25.7 Å². The molecule has 1 heterocycles. The average Bonchev–Trinajstić information content (AvgIpc) is 2.76. The second-order valence-electron chi connectivity index (χ2n) is 6.71. The van der Waals surface area contributed by atoms with Gasteiger partial charge in [0.2, 0.25) is 5.91 Å². The Hall–Kier alpha value is -0.530. The van der Waals surface area contributed by atoms with Gasteiger partial charge in [-0.2, -0.15) is 13.2 Å². The van der Waals surface area contributed by atoms with Crippen LogP contribution in [0.5, 0.6) is 0 Å². The van der Waals surface area contributed by atoms with Crippen molar-refractivity contribution in [2.45, 2.75) is 57.2 Å². The summed E-state index contributed by atoms with van der Waals surface area (Å²) in [6.45, 7) is 1.51. The number of halogens is 4. The zero-order chi connectivity index (χ0) is 16.7. The van der Waals surface area contributed by atoms with Crippen LogP contribution >= 0.6 is 12.4 Å². The number of hydrogen-bond acceptors (Lipinski definition) is 3. The summed E-state index contributed by atoms with van der Waals surface area (Å²) in [4.78, 5) is 13.4. The quantitative estimate of drug-likeness (QED) is 0.730. The van der Waals surface area contributed by atoms with Crippen LogP contribution in [0.1, 0.15) is 44.9 Å². The van der Waals surface area contributed by atoms with Crippen molar-refractivity contribution in [1.29, 1.82) is 0 Å². The predicted octanol–water partition coefficient (Wildman–Crippen LogP) is 2.72. The first-order chi connectivity index (χ1) is 11.0. The molecule has 142 valence electrons. The lowest BCUT2D eigenvalue weighted by Gasteiger charge is -2.36. The minimum Gasteiger partial charge on any atom is -0.354 e. The summed E-state index contributed by atoms with van der Waals surface area (Å²) in [6.07, 6.45) is 2.77. The smallest absolute Gasteiger partial charge is 0.354 e. The lowest BCUT2D eigenvalue weighted by Crippen LogP contribution is -2.57. The van der Waals surface area contributed by atoms with E-state index in [2.05, 4.69) is 10.6 Å². The van der Waals surface area contributed by atoms with Gasteiger partial charge in [-0.05, 0) is 18.8 Å². The summed E-state index contributed by atoms with van der Waals surface area (Å²) in [5.41, 5.74) is 0. The maximum Gasteiger partial charge on any atom is 0.405 e. The standard InChI is InChI=1S/C16H28F3N3O.ClH/c17-16(18,19)14(22-9-7-20-8-10-22)12-21-15(23)11-13-5-3-1-2-4-6-13;/h13-14,20H,1-12H2,(H,21,23);1H. The van der Waals surface area contributed by atoms with E-state index < -0.39 is 12.2 Å². The highest BCUT2D eigenvalue weighted by Crippen LogP contribution is 2.26. The second kappa shape index (κ2) is 10.5. The van der Waals surface area contributed by atoms with Crippen LogP contribution in [0.25, 0.3) is 0 Å². The SMILES string of the molecule is Cl.O=C(CC1CCCCCC1)NCC(N1CCNCC1)C(F)(F)F. The van der Waals surface area contributed by atoms with Crippen molar-refractivity contribution in [2.24, 2.45) is 5.92 Å². The Morgan fingerprint density at radius 1 is 1.12 bits per heavy atom. The molecule has 0 aromatic heterocycles. The van der Waals surface area contributed by atoms with Gasteiger partial charge < -0.3 is 10.6 Å². The summed E-state index contributed by atoms with van der Waals surface area (Å²) in [5, 5.41) is 5.58. The average molecular weight is 372 g/mol. The molecule has 1 saturated heterocycles. The van der Waals surface area contributed by atoms with E-state index in [0.29, 0.717) is 38.5 Å². The van der Waals surface area contributed by atoms with Crippen LogP contribution in [0.15, 0.2) is 0 Å². The molecule has 0 aromatic rings. The van der Waals surface area contributed by atoms with E-state index in [4.69, 9.17) is 0 Å². The minimum atomic E-state index is -4.31. The molecular formula is C16H29ClF3N3O. The third-order valence-corrected chi connectivity index (χ3v) is 4.91. The number of nitrogens with one attached hydrogen (secondary N) is 2. The number of alkyl halides is 3. The van der Waals surface area contributed by atoms with Crippen LogP contribution in [-0.2, 0) is 4.79 Å². The number of rotatable bonds is 5. The number of carbonyl (C=O) groups is 1. The van der Waals surface area contributed by atoms with Gasteiger partial charge in [0, 0.05) is 39.1 Å². The highest BCUT2D eigenvalue weighted by atomic mass is 35.5. The maximum absolute atomic E-state index is 13.3. The van der Waals surface area contributed by atoms with E-state index in [0.717, 1.165) is 25.7 Å². The van der Waals surface area contributed by atoms with Crippen molar-refractivity contribution in [3.8, 4) is 0 Å². The predicted molar refractivity (Wildman–Crippen MR) is 90.4 cm³/mol. The molecule has 4 nitrogen and oxygen atoms in total. The number of nitrogens with zero attached hydrogens (tertiary/aromatic N) is 1. The molecule has 0 bridgehead atoms. The Bertz CT molecular complexity index is 368. The van der Waals surface area contributed by atoms with E-state index >= 15 is 0 Å². The monoisotopic (exact) mass is 371 g/mol. The van der Waals surface area contributed by atoms with Crippen molar-refractivity contribution >= 4 is 18.3 Å². The van der Waals surface area contributed by atoms with Crippen molar-refractivity contribution < 1.29 is 18.0 Å². The third-order valence-electron chi connectivity index (χ3n) is 4.91.